The topological polar surface area (TPSA) is 41.1 Å². The molecule has 3 nitrogen and oxygen atoms in total. The second-order valence-corrected chi connectivity index (χ2v) is 5.07. The summed E-state index contributed by atoms with van der Waals surface area (Å²) in [5, 5.41) is 6.49. The van der Waals surface area contributed by atoms with E-state index >= 15 is 0 Å². The largest absolute Gasteiger partial charge is 0.324 e. The summed E-state index contributed by atoms with van der Waals surface area (Å²) in [6.45, 7) is 5.12. The average Bonchev–Trinajstić information content (AvgIpc) is 2.26. The molecule has 0 aliphatic carbocycles. The van der Waals surface area contributed by atoms with Gasteiger partial charge in [-0.25, -0.2) is 0 Å². The number of hydrogen-bond donors (Lipinski definition) is 2. The Balaban J connectivity index is 2.62. The highest BCUT2D eigenvalue weighted by molar-refractivity contribution is 9.10. The minimum Gasteiger partial charge on any atom is -0.324 e. The molecule has 0 saturated heterocycles. The summed E-state index contributed by atoms with van der Waals surface area (Å²) in [4.78, 5) is 11.6. The Morgan fingerprint density at radius 1 is 1.47 bits per heavy atom. The van der Waals surface area contributed by atoms with Gasteiger partial charge in [0.15, 0.2) is 0 Å². The molecule has 0 heterocycles. The van der Waals surface area contributed by atoms with Crippen molar-refractivity contribution in [1.29, 1.82) is 0 Å². The normalized spacial score (nSPS) is 10.4. The van der Waals surface area contributed by atoms with Gasteiger partial charge in [-0.3, -0.25) is 4.79 Å². The van der Waals surface area contributed by atoms with E-state index in [0.29, 0.717) is 17.3 Å². The fraction of sp³-hybridized carbons (Fsp3) is 0.417. The van der Waals surface area contributed by atoms with Crippen LogP contribution in [0.3, 0.4) is 0 Å². The van der Waals surface area contributed by atoms with E-state index in [2.05, 4.69) is 33.5 Å². The first kappa shape index (κ1) is 14.5. The van der Waals surface area contributed by atoms with Crippen molar-refractivity contribution < 1.29 is 4.79 Å². The van der Waals surface area contributed by atoms with E-state index < -0.39 is 0 Å². The van der Waals surface area contributed by atoms with Crippen molar-refractivity contribution in [2.45, 2.75) is 20.3 Å². The van der Waals surface area contributed by atoms with E-state index in [1.807, 2.05) is 13.0 Å². The summed E-state index contributed by atoms with van der Waals surface area (Å²) < 4.78 is 0.836. The number of benzene rings is 1. The van der Waals surface area contributed by atoms with Crippen LogP contribution in [0.5, 0.6) is 0 Å². The number of carbonyl (C=O) groups is 1. The first-order valence-electron chi connectivity index (χ1n) is 5.50. The fourth-order valence-corrected chi connectivity index (χ4v) is 2.04. The maximum absolute atomic E-state index is 11.6. The summed E-state index contributed by atoms with van der Waals surface area (Å²) in [7, 11) is 0. The molecule has 1 rings (SSSR count). The zero-order valence-corrected chi connectivity index (χ0v) is 12.3. The van der Waals surface area contributed by atoms with Crippen LogP contribution in [0.2, 0.25) is 5.02 Å². The molecule has 0 atom stereocenters. The minimum absolute atomic E-state index is 0.0703. The van der Waals surface area contributed by atoms with E-state index in [-0.39, 0.29) is 5.91 Å². The van der Waals surface area contributed by atoms with Crippen LogP contribution in [0.1, 0.15) is 18.9 Å². The molecule has 0 aromatic heterocycles. The molecule has 5 heteroatoms. The van der Waals surface area contributed by atoms with E-state index in [1.165, 1.54) is 0 Å². The van der Waals surface area contributed by atoms with Crippen LogP contribution in [0.15, 0.2) is 16.6 Å². The first-order valence-corrected chi connectivity index (χ1v) is 6.68. The van der Waals surface area contributed by atoms with E-state index in [1.54, 1.807) is 6.07 Å². The van der Waals surface area contributed by atoms with Crippen molar-refractivity contribution in [2.75, 3.05) is 18.4 Å². The molecule has 0 saturated carbocycles. The van der Waals surface area contributed by atoms with Crippen molar-refractivity contribution in [3.05, 3.63) is 27.2 Å². The van der Waals surface area contributed by atoms with Crippen molar-refractivity contribution in [3.8, 4) is 0 Å². The number of rotatable bonds is 5. The summed E-state index contributed by atoms with van der Waals surface area (Å²) in [5.74, 6) is -0.0703. The van der Waals surface area contributed by atoms with Crippen molar-refractivity contribution in [3.63, 3.8) is 0 Å². The van der Waals surface area contributed by atoms with Gasteiger partial charge in [-0.2, -0.15) is 0 Å². The second kappa shape index (κ2) is 6.99. The predicted octanol–water partition coefficient (Wildman–Crippen LogP) is 3.35. The zero-order valence-electron chi connectivity index (χ0n) is 9.94. The van der Waals surface area contributed by atoms with E-state index in [4.69, 9.17) is 11.6 Å². The lowest BCUT2D eigenvalue weighted by Crippen LogP contribution is -2.28. The highest BCUT2D eigenvalue weighted by atomic mass is 79.9. The lowest BCUT2D eigenvalue weighted by Gasteiger charge is -2.10. The Labute approximate surface area is 115 Å². The molecule has 0 radical (unpaired) electrons. The van der Waals surface area contributed by atoms with Crippen LogP contribution in [-0.2, 0) is 4.79 Å². The van der Waals surface area contributed by atoms with Gasteiger partial charge in [-0.1, -0.05) is 18.5 Å². The van der Waals surface area contributed by atoms with Crippen LogP contribution < -0.4 is 10.6 Å². The Kier molecular flexibility index (Phi) is 5.95. The molecule has 0 aliphatic heterocycles. The van der Waals surface area contributed by atoms with E-state index in [0.717, 1.165) is 23.0 Å². The lowest BCUT2D eigenvalue weighted by molar-refractivity contribution is -0.115. The van der Waals surface area contributed by atoms with Gasteiger partial charge in [-0.05, 0) is 53.5 Å². The maximum Gasteiger partial charge on any atom is 0.238 e. The van der Waals surface area contributed by atoms with Crippen LogP contribution in [-0.4, -0.2) is 19.0 Å². The molecular weight excluding hydrogens is 304 g/mol. The molecule has 0 aliphatic rings. The Morgan fingerprint density at radius 2 is 2.18 bits per heavy atom. The van der Waals surface area contributed by atoms with Gasteiger partial charge < -0.3 is 10.6 Å². The van der Waals surface area contributed by atoms with Crippen molar-refractivity contribution >= 4 is 39.1 Å². The number of anilines is 1. The first-order chi connectivity index (χ1) is 8.04. The third kappa shape index (κ3) is 4.66. The smallest absolute Gasteiger partial charge is 0.238 e. The SMILES string of the molecule is CCCNCC(=O)Nc1cc(Cl)c(C)cc1Br. The summed E-state index contributed by atoms with van der Waals surface area (Å²) >= 11 is 9.41. The Hall–Kier alpha value is -0.580. The van der Waals surface area contributed by atoms with Gasteiger partial charge in [0.05, 0.1) is 12.2 Å². The standard InChI is InChI=1S/C12H16BrClN2O/c1-3-4-15-7-12(17)16-11-6-10(14)8(2)5-9(11)13/h5-6,15H,3-4,7H2,1-2H3,(H,16,17). The highest BCUT2D eigenvalue weighted by Crippen LogP contribution is 2.28. The molecular formula is C12H16BrClN2O. The maximum atomic E-state index is 11.6. The molecule has 0 bridgehead atoms. The molecule has 0 fully saturated rings. The van der Waals surface area contributed by atoms with Crippen LogP contribution >= 0.6 is 27.5 Å². The van der Waals surface area contributed by atoms with Gasteiger partial charge in [0.25, 0.3) is 0 Å². The summed E-state index contributed by atoms with van der Waals surface area (Å²) in [6.07, 6.45) is 1.01. The quantitative estimate of drug-likeness (QED) is 0.817. The lowest BCUT2D eigenvalue weighted by atomic mass is 10.2. The number of aryl methyl sites for hydroxylation is 1. The van der Waals surface area contributed by atoms with Gasteiger partial charge in [-0.15, -0.1) is 0 Å². The van der Waals surface area contributed by atoms with Crippen molar-refractivity contribution in [1.82, 2.24) is 5.32 Å². The van der Waals surface area contributed by atoms with Crippen LogP contribution in [0.25, 0.3) is 0 Å². The van der Waals surface area contributed by atoms with E-state index in [9.17, 15) is 4.79 Å². The van der Waals surface area contributed by atoms with Crippen LogP contribution in [0, 0.1) is 6.92 Å². The average molecular weight is 320 g/mol. The molecule has 1 aromatic carbocycles. The number of hydrogen-bond acceptors (Lipinski definition) is 2. The number of amides is 1. The second-order valence-electron chi connectivity index (χ2n) is 3.81. The molecule has 17 heavy (non-hydrogen) atoms. The molecule has 0 unspecified atom stereocenters. The van der Waals surface area contributed by atoms with Gasteiger partial charge in [0.1, 0.15) is 0 Å². The Bertz CT molecular complexity index is 410. The number of halogens is 2. The highest BCUT2D eigenvalue weighted by Gasteiger charge is 2.07. The van der Waals surface area contributed by atoms with Gasteiger partial charge in [0, 0.05) is 9.50 Å². The zero-order chi connectivity index (χ0) is 12.8. The molecule has 94 valence electrons. The monoisotopic (exact) mass is 318 g/mol. The summed E-state index contributed by atoms with van der Waals surface area (Å²) in [6, 6.07) is 3.64. The number of carbonyl (C=O) groups excluding carboxylic acids is 1. The fourth-order valence-electron chi connectivity index (χ4n) is 1.32. The minimum atomic E-state index is -0.0703. The van der Waals surface area contributed by atoms with Crippen molar-refractivity contribution in [2.24, 2.45) is 0 Å². The third-order valence-corrected chi connectivity index (χ3v) is 3.30. The van der Waals surface area contributed by atoms with Gasteiger partial charge in [0.2, 0.25) is 5.91 Å². The third-order valence-electron chi connectivity index (χ3n) is 2.23. The molecule has 1 amide bonds. The molecule has 0 spiro atoms. The molecule has 1 aromatic rings. The number of nitrogens with one attached hydrogen (secondary N) is 2. The van der Waals surface area contributed by atoms with Crippen LogP contribution in [0.4, 0.5) is 5.69 Å². The summed E-state index contributed by atoms with van der Waals surface area (Å²) in [5.41, 5.74) is 1.67. The predicted molar refractivity (Wildman–Crippen MR) is 75.7 cm³/mol. The Morgan fingerprint density at radius 3 is 2.82 bits per heavy atom. The molecule has 2 N–H and O–H groups in total. The van der Waals surface area contributed by atoms with Gasteiger partial charge >= 0.3 is 0 Å².